The van der Waals surface area contributed by atoms with Crippen LogP contribution in [0, 0.1) is 5.82 Å². The molecule has 0 aliphatic carbocycles. The van der Waals surface area contributed by atoms with Crippen LogP contribution >= 0.6 is 0 Å². The summed E-state index contributed by atoms with van der Waals surface area (Å²) in [6.07, 6.45) is 2.59. The number of tetrazole rings is 1. The topological polar surface area (TPSA) is 54.5 Å². The van der Waals surface area contributed by atoms with Crippen molar-refractivity contribution < 1.29 is 4.39 Å². The van der Waals surface area contributed by atoms with Crippen molar-refractivity contribution in [3.05, 3.63) is 65.5 Å². The first-order valence-electron chi connectivity index (χ1n) is 6.89. The molecule has 0 saturated carbocycles. The predicted octanol–water partition coefficient (Wildman–Crippen LogP) is 3.18. The third-order valence-electron chi connectivity index (χ3n) is 3.43. The first-order valence-corrected chi connectivity index (χ1v) is 6.89. The summed E-state index contributed by atoms with van der Waals surface area (Å²) in [5, 5.41) is 13.9. The van der Waals surface area contributed by atoms with E-state index in [1.54, 1.807) is 6.07 Å². The third kappa shape index (κ3) is 3.31. The molecule has 0 spiro atoms. The number of hydrogen-bond donors (Lipinski definition) is 1. The van der Waals surface area contributed by atoms with E-state index >= 15 is 0 Å². The lowest BCUT2D eigenvalue weighted by Crippen LogP contribution is -1.93. The van der Waals surface area contributed by atoms with Gasteiger partial charge in [0.25, 0.3) is 0 Å². The molecular weight excluding hydrogens is 267 g/mol. The molecule has 0 aliphatic rings. The fourth-order valence-electron chi connectivity index (χ4n) is 2.29. The number of aromatic nitrogens is 4. The molecule has 21 heavy (non-hydrogen) atoms. The zero-order valence-electron chi connectivity index (χ0n) is 11.5. The second kappa shape index (κ2) is 6.26. The number of aryl methyl sites for hydroxylation is 2. The normalized spacial score (nSPS) is 10.7. The zero-order valence-corrected chi connectivity index (χ0v) is 11.5. The number of rotatable bonds is 5. The molecule has 1 heterocycles. The monoisotopic (exact) mass is 282 g/mol. The van der Waals surface area contributed by atoms with Gasteiger partial charge in [0.1, 0.15) is 5.82 Å². The average Bonchev–Trinajstić information content (AvgIpc) is 3.04. The van der Waals surface area contributed by atoms with Crippen LogP contribution in [0.5, 0.6) is 0 Å². The summed E-state index contributed by atoms with van der Waals surface area (Å²) < 4.78 is 13.5. The molecular formula is C16H15FN4. The summed E-state index contributed by atoms with van der Waals surface area (Å²) in [6, 6.07) is 15.0. The Morgan fingerprint density at radius 1 is 0.952 bits per heavy atom. The van der Waals surface area contributed by atoms with Crippen molar-refractivity contribution in [2.75, 3.05) is 0 Å². The average molecular weight is 282 g/mol. The molecule has 0 amide bonds. The minimum atomic E-state index is -0.120. The molecule has 1 aromatic heterocycles. The predicted molar refractivity (Wildman–Crippen MR) is 78.0 cm³/mol. The molecule has 2 aromatic carbocycles. The fraction of sp³-hybridized carbons (Fsp3) is 0.188. The van der Waals surface area contributed by atoms with Crippen LogP contribution in [0.4, 0.5) is 4.39 Å². The molecule has 1 N–H and O–H groups in total. The van der Waals surface area contributed by atoms with E-state index in [9.17, 15) is 4.39 Å². The van der Waals surface area contributed by atoms with Crippen molar-refractivity contribution in [3.63, 3.8) is 0 Å². The molecule has 5 heteroatoms. The van der Waals surface area contributed by atoms with E-state index in [-0.39, 0.29) is 5.82 Å². The number of halogens is 1. The first-order chi connectivity index (χ1) is 10.3. The van der Waals surface area contributed by atoms with E-state index in [1.807, 2.05) is 36.4 Å². The van der Waals surface area contributed by atoms with E-state index in [1.165, 1.54) is 11.6 Å². The highest BCUT2D eigenvalue weighted by Crippen LogP contribution is 2.16. The van der Waals surface area contributed by atoms with Crippen LogP contribution in [0.1, 0.15) is 17.5 Å². The van der Waals surface area contributed by atoms with Gasteiger partial charge in [0.05, 0.1) is 0 Å². The van der Waals surface area contributed by atoms with Crippen molar-refractivity contribution in [1.82, 2.24) is 20.6 Å². The van der Waals surface area contributed by atoms with Gasteiger partial charge < -0.3 is 0 Å². The van der Waals surface area contributed by atoms with E-state index in [0.29, 0.717) is 5.82 Å². The Labute approximate surface area is 122 Å². The number of H-pyrrole nitrogens is 1. The lowest BCUT2D eigenvalue weighted by atomic mass is 10.0. The van der Waals surface area contributed by atoms with Crippen LogP contribution < -0.4 is 0 Å². The number of nitrogens with zero attached hydrogens (tertiary/aromatic N) is 3. The highest BCUT2D eigenvalue weighted by molar-refractivity contribution is 5.54. The maximum atomic E-state index is 13.5. The van der Waals surface area contributed by atoms with Crippen LogP contribution in [0.15, 0.2) is 48.5 Å². The van der Waals surface area contributed by atoms with Gasteiger partial charge in [-0.15, -0.1) is 10.2 Å². The van der Waals surface area contributed by atoms with Gasteiger partial charge in [0.2, 0.25) is 5.82 Å². The zero-order chi connectivity index (χ0) is 14.5. The molecule has 4 nitrogen and oxygen atoms in total. The summed E-state index contributed by atoms with van der Waals surface area (Å²) in [5.74, 6) is 0.470. The third-order valence-corrected chi connectivity index (χ3v) is 3.43. The molecule has 0 atom stereocenters. The molecule has 0 saturated heterocycles. The summed E-state index contributed by atoms with van der Waals surface area (Å²) >= 11 is 0. The first kappa shape index (κ1) is 13.4. The van der Waals surface area contributed by atoms with Crippen molar-refractivity contribution >= 4 is 0 Å². The summed E-state index contributed by atoms with van der Waals surface area (Å²) in [4.78, 5) is 0. The highest BCUT2D eigenvalue weighted by Gasteiger charge is 2.03. The van der Waals surface area contributed by atoms with Gasteiger partial charge in [-0.2, -0.15) is 5.21 Å². The van der Waals surface area contributed by atoms with Crippen LogP contribution in [-0.2, 0) is 12.8 Å². The Bertz CT molecular complexity index is 693. The Balaban J connectivity index is 1.58. The minimum Gasteiger partial charge on any atom is -0.207 e. The number of nitrogens with one attached hydrogen (secondary N) is 1. The Morgan fingerprint density at radius 3 is 2.48 bits per heavy atom. The lowest BCUT2D eigenvalue weighted by Gasteiger charge is -2.04. The summed E-state index contributed by atoms with van der Waals surface area (Å²) in [6.45, 7) is 0. The molecule has 0 aliphatic heterocycles. The molecule has 3 rings (SSSR count). The number of aromatic amines is 1. The van der Waals surface area contributed by atoms with Crippen molar-refractivity contribution in [1.29, 1.82) is 0 Å². The van der Waals surface area contributed by atoms with Gasteiger partial charge in [-0.3, -0.25) is 0 Å². The minimum absolute atomic E-state index is 0.120. The smallest absolute Gasteiger partial charge is 0.204 e. The van der Waals surface area contributed by atoms with Gasteiger partial charge in [0, 0.05) is 5.56 Å². The van der Waals surface area contributed by atoms with Crippen LogP contribution in [0.25, 0.3) is 11.4 Å². The van der Waals surface area contributed by atoms with E-state index in [0.717, 1.165) is 30.4 Å². The van der Waals surface area contributed by atoms with Crippen molar-refractivity contribution in [3.8, 4) is 11.4 Å². The van der Waals surface area contributed by atoms with Crippen LogP contribution in [-0.4, -0.2) is 20.6 Å². The Morgan fingerprint density at radius 2 is 1.76 bits per heavy atom. The second-order valence-electron chi connectivity index (χ2n) is 4.88. The number of hydrogen-bond acceptors (Lipinski definition) is 3. The second-order valence-corrected chi connectivity index (χ2v) is 4.88. The van der Waals surface area contributed by atoms with Gasteiger partial charge in [-0.05, 0) is 41.7 Å². The van der Waals surface area contributed by atoms with E-state index in [4.69, 9.17) is 0 Å². The number of benzene rings is 2. The van der Waals surface area contributed by atoms with E-state index < -0.39 is 0 Å². The molecule has 3 aromatic rings. The van der Waals surface area contributed by atoms with Gasteiger partial charge in [0.15, 0.2) is 0 Å². The highest BCUT2D eigenvalue weighted by atomic mass is 19.1. The SMILES string of the molecule is Fc1ccccc1CCCc1ccc(-c2nn[nH]n2)cc1. The standard InChI is InChI=1S/C16H15FN4/c17-15-7-2-1-5-13(15)6-3-4-12-8-10-14(11-9-12)16-18-20-21-19-16/h1-2,5,7-11H,3-4,6H2,(H,18,19,20,21). The van der Waals surface area contributed by atoms with Crippen LogP contribution in [0.3, 0.4) is 0 Å². The largest absolute Gasteiger partial charge is 0.207 e. The van der Waals surface area contributed by atoms with Crippen molar-refractivity contribution in [2.45, 2.75) is 19.3 Å². The Hall–Kier alpha value is -2.56. The quantitative estimate of drug-likeness (QED) is 0.782. The molecule has 0 radical (unpaired) electrons. The lowest BCUT2D eigenvalue weighted by molar-refractivity contribution is 0.604. The van der Waals surface area contributed by atoms with Gasteiger partial charge in [-0.1, -0.05) is 42.5 Å². The Kier molecular flexibility index (Phi) is 4.00. The van der Waals surface area contributed by atoms with E-state index in [2.05, 4.69) is 20.6 Å². The summed E-state index contributed by atoms with van der Waals surface area (Å²) in [7, 11) is 0. The summed E-state index contributed by atoms with van der Waals surface area (Å²) in [5.41, 5.74) is 2.93. The molecule has 106 valence electrons. The molecule has 0 fully saturated rings. The van der Waals surface area contributed by atoms with Crippen molar-refractivity contribution in [2.24, 2.45) is 0 Å². The van der Waals surface area contributed by atoms with Crippen LogP contribution in [0.2, 0.25) is 0 Å². The van der Waals surface area contributed by atoms with Gasteiger partial charge in [-0.25, -0.2) is 4.39 Å². The molecule has 0 unspecified atom stereocenters. The fourth-order valence-corrected chi connectivity index (χ4v) is 2.29. The maximum Gasteiger partial charge on any atom is 0.204 e. The molecule has 0 bridgehead atoms. The van der Waals surface area contributed by atoms with Gasteiger partial charge >= 0.3 is 0 Å². The maximum absolute atomic E-state index is 13.5.